The minimum absolute atomic E-state index is 0.0860. The van der Waals surface area contributed by atoms with Crippen LogP contribution < -0.4 is 20.9 Å². The van der Waals surface area contributed by atoms with E-state index in [9.17, 15) is 29.2 Å². The summed E-state index contributed by atoms with van der Waals surface area (Å²) < 4.78 is 41.7. The normalized spacial score (nSPS) is 25.0. The van der Waals surface area contributed by atoms with Gasteiger partial charge in [-0.25, -0.2) is 9.36 Å². The van der Waals surface area contributed by atoms with Crippen molar-refractivity contribution in [3.8, 4) is 18.1 Å². The van der Waals surface area contributed by atoms with Crippen molar-refractivity contribution in [3.63, 3.8) is 0 Å². The number of H-pyrrole nitrogens is 1. The molecule has 1 aliphatic heterocycles. The number of carbonyl (C=O) groups excluding carboxylic acids is 1. The van der Waals surface area contributed by atoms with Gasteiger partial charge in [0.25, 0.3) is 5.56 Å². The van der Waals surface area contributed by atoms with Gasteiger partial charge < -0.3 is 28.9 Å². The molecule has 1 aromatic heterocycles. The zero-order valence-corrected chi connectivity index (χ0v) is 23.2. The summed E-state index contributed by atoms with van der Waals surface area (Å²) in [6.07, 6.45) is 1.61. The number of aliphatic hydroxyl groups excluding tert-OH is 1. The Balaban J connectivity index is 1.80. The number of methoxy groups -OCH3 is 1. The molecule has 2 heterocycles. The SMILES string of the molecule is C#C[C@@]1(O)[C@H](O)[C@@H](COP(=O)(N[C@@H](C)C(=O)OCC(C)(C)OC)Oc2ccccc2)O[C@H]1n1ccc(=O)[nH]c1=O. The van der Waals surface area contributed by atoms with Crippen LogP contribution in [0.5, 0.6) is 5.75 Å². The lowest BCUT2D eigenvalue weighted by Crippen LogP contribution is -2.48. The van der Waals surface area contributed by atoms with Gasteiger partial charge in [-0.15, -0.1) is 6.42 Å². The number of hydrogen-bond acceptors (Lipinski definition) is 11. The van der Waals surface area contributed by atoms with Crippen molar-refractivity contribution in [2.24, 2.45) is 0 Å². The van der Waals surface area contributed by atoms with Crippen LogP contribution in [0.15, 0.2) is 52.2 Å². The van der Waals surface area contributed by atoms with Crippen molar-refractivity contribution in [2.45, 2.75) is 56.5 Å². The van der Waals surface area contributed by atoms with Crippen LogP contribution in [0.1, 0.15) is 27.0 Å². The molecule has 4 N–H and O–H groups in total. The van der Waals surface area contributed by atoms with Crippen LogP contribution in [-0.4, -0.2) is 75.5 Å². The van der Waals surface area contributed by atoms with Crippen LogP contribution in [0.2, 0.25) is 0 Å². The van der Waals surface area contributed by atoms with Crippen molar-refractivity contribution >= 4 is 13.7 Å². The van der Waals surface area contributed by atoms with Gasteiger partial charge >= 0.3 is 19.4 Å². The van der Waals surface area contributed by atoms with Crippen LogP contribution in [0.4, 0.5) is 0 Å². The standard InChI is InChI=1S/C25H32N3O11P/c1-6-25(33)20(30)18(38-22(25)28-13-12-19(29)26-23(28)32)14-37-40(34,39-17-10-8-7-9-11-17)27-16(2)21(31)36-15-24(3,4)35-5/h1,7-13,16,18,20,22,30,33H,14-15H2,2-5H3,(H,27,34)(H,26,29,32)/t16-,18+,20+,22+,25+,40?/m0/s1. The number of carbonyl (C=O) groups is 1. The topological polar surface area (TPSA) is 188 Å². The highest BCUT2D eigenvalue weighted by molar-refractivity contribution is 7.52. The quantitative estimate of drug-likeness (QED) is 0.153. The molecular weight excluding hydrogens is 549 g/mol. The monoisotopic (exact) mass is 581 g/mol. The van der Waals surface area contributed by atoms with Gasteiger partial charge in [0.2, 0.25) is 0 Å². The van der Waals surface area contributed by atoms with Gasteiger partial charge in [-0.05, 0) is 32.9 Å². The molecule has 14 nitrogen and oxygen atoms in total. The summed E-state index contributed by atoms with van der Waals surface area (Å²) in [5.41, 5.74) is -4.85. The Morgan fingerprint density at radius 2 is 2.00 bits per heavy atom. The third-order valence-electron chi connectivity index (χ3n) is 6.02. The Labute approximate surface area is 229 Å². The molecule has 3 rings (SSSR count). The Hall–Kier alpha value is -3.28. The Bertz CT molecular complexity index is 1390. The third kappa shape index (κ3) is 7.26. The van der Waals surface area contributed by atoms with Gasteiger partial charge in [-0.2, -0.15) is 5.09 Å². The molecule has 1 saturated heterocycles. The number of terminal acetylenes is 1. The fraction of sp³-hybridized carbons (Fsp3) is 0.480. The van der Waals surface area contributed by atoms with E-state index in [1.54, 1.807) is 32.0 Å². The molecular formula is C25H32N3O11P. The van der Waals surface area contributed by atoms with Crippen molar-refractivity contribution in [1.29, 1.82) is 0 Å². The molecule has 0 aliphatic carbocycles. The average molecular weight is 582 g/mol. The van der Waals surface area contributed by atoms with Crippen LogP contribution in [0.3, 0.4) is 0 Å². The molecule has 1 unspecified atom stereocenters. The average Bonchev–Trinajstić information content (AvgIpc) is 3.16. The molecule has 218 valence electrons. The summed E-state index contributed by atoms with van der Waals surface area (Å²) in [5, 5.41) is 24.2. The lowest BCUT2D eigenvalue weighted by Gasteiger charge is -2.27. The van der Waals surface area contributed by atoms with E-state index in [1.165, 1.54) is 26.2 Å². The first-order valence-electron chi connectivity index (χ1n) is 12.1. The van der Waals surface area contributed by atoms with Gasteiger partial charge in [0.05, 0.1) is 12.2 Å². The highest BCUT2D eigenvalue weighted by Gasteiger charge is 2.56. The lowest BCUT2D eigenvalue weighted by molar-refractivity contribution is -0.153. The fourth-order valence-corrected chi connectivity index (χ4v) is 5.05. The summed E-state index contributed by atoms with van der Waals surface area (Å²) in [5.74, 6) is 1.37. The van der Waals surface area contributed by atoms with Crippen molar-refractivity contribution in [2.75, 3.05) is 20.3 Å². The van der Waals surface area contributed by atoms with Gasteiger partial charge in [0.1, 0.15) is 30.6 Å². The number of rotatable bonds is 12. The molecule has 1 fully saturated rings. The number of aliphatic hydroxyl groups is 2. The summed E-state index contributed by atoms with van der Waals surface area (Å²) in [4.78, 5) is 38.3. The number of nitrogens with one attached hydrogen (secondary N) is 2. The van der Waals surface area contributed by atoms with Gasteiger partial charge in [0.15, 0.2) is 11.8 Å². The molecule has 6 atom stereocenters. The number of ether oxygens (including phenoxy) is 3. The molecule has 0 radical (unpaired) electrons. The molecule has 1 aliphatic rings. The van der Waals surface area contributed by atoms with Crippen LogP contribution in [0, 0.1) is 12.3 Å². The van der Waals surface area contributed by atoms with Crippen molar-refractivity contribution in [1.82, 2.24) is 14.6 Å². The summed E-state index contributed by atoms with van der Waals surface area (Å²) in [6.45, 7) is 4.04. The van der Waals surface area contributed by atoms with Gasteiger partial charge in [-0.1, -0.05) is 24.1 Å². The molecule has 40 heavy (non-hydrogen) atoms. The van der Waals surface area contributed by atoms with E-state index in [-0.39, 0.29) is 12.4 Å². The predicted octanol–water partition coefficient (Wildman–Crippen LogP) is 0.309. The molecule has 1 aromatic carbocycles. The summed E-state index contributed by atoms with van der Waals surface area (Å²) in [6, 6.07) is 7.74. The van der Waals surface area contributed by atoms with E-state index < -0.39 is 67.3 Å². The highest BCUT2D eigenvalue weighted by atomic mass is 31.2. The number of para-hydroxylation sites is 1. The van der Waals surface area contributed by atoms with E-state index in [0.717, 1.165) is 16.8 Å². The molecule has 0 amide bonds. The number of esters is 1. The van der Waals surface area contributed by atoms with Gasteiger partial charge in [-0.3, -0.25) is 23.7 Å². The highest BCUT2D eigenvalue weighted by Crippen LogP contribution is 2.46. The Kier molecular flexibility index (Phi) is 9.76. The first-order valence-corrected chi connectivity index (χ1v) is 13.6. The molecule has 15 heteroatoms. The van der Waals surface area contributed by atoms with E-state index >= 15 is 0 Å². The predicted molar refractivity (Wildman–Crippen MR) is 140 cm³/mol. The first kappa shape index (κ1) is 31.3. The van der Waals surface area contributed by atoms with E-state index in [0.29, 0.717) is 0 Å². The number of aromatic nitrogens is 2. The van der Waals surface area contributed by atoms with Gasteiger partial charge in [0, 0.05) is 19.4 Å². The lowest BCUT2D eigenvalue weighted by atomic mass is 9.95. The fourth-order valence-electron chi connectivity index (χ4n) is 3.55. The molecule has 0 bridgehead atoms. The molecule has 2 aromatic rings. The third-order valence-corrected chi connectivity index (χ3v) is 7.66. The maximum absolute atomic E-state index is 13.8. The number of aromatic amines is 1. The Morgan fingerprint density at radius 1 is 1.32 bits per heavy atom. The van der Waals surface area contributed by atoms with E-state index in [4.69, 9.17) is 29.7 Å². The van der Waals surface area contributed by atoms with E-state index in [2.05, 4.69) is 5.09 Å². The number of nitrogens with zero attached hydrogens (tertiary/aromatic N) is 1. The van der Waals surface area contributed by atoms with Crippen LogP contribution in [-0.2, 0) is 28.1 Å². The number of hydrogen-bond donors (Lipinski definition) is 4. The summed E-state index contributed by atoms with van der Waals surface area (Å²) >= 11 is 0. The van der Waals surface area contributed by atoms with Crippen molar-refractivity contribution < 1.29 is 42.8 Å². The smallest absolute Gasteiger partial charge is 0.459 e. The first-order chi connectivity index (χ1) is 18.7. The Morgan fingerprint density at radius 3 is 2.60 bits per heavy atom. The summed E-state index contributed by atoms with van der Waals surface area (Å²) in [7, 11) is -2.92. The largest absolute Gasteiger partial charge is 0.461 e. The second-order valence-electron chi connectivity index (χ2n) is 9.58. The molecule has 0 spiro atoms. The van der Waals surface area contributed by atoms with Crippen LogP contribution >= 0.6 is 7.75 Å². The maximum atomic E-state index is 13.8. The second-order valence-corrected chi connectivity index (χ2v) is 11.3. The van der Waals surface area contributed by atoms with Crippen LogP contribution in [0.25, 0.3) is 0 Å². The zero-order chi connectivity index (χ0) is 29.7. The second kappa shape index (κ2) is 12.5. The maximum Gasteiger partial charge on any atom is 0.459 e. The number of benzene rings is 1. The van der Waals surface area contributed by atoms with Crippen molar-refractivity contribution in [3.05, 3.63) is 63.4 Å². The van der Waals surface area contributed by atoms with E-state index in [1.807, 2.05) is 10.9 Å². The zero-order valence-electron chi connectivity index (χ0n) is 22.3. The molecule has 0 saturated carbocycles. The minimum Gasteiger partial charge on any atom is -0.461 e. The minimum atomic E-state index is -4.38.